The standard InChI is InChI=1S/C13H16ClFN4S/c1-2-6-19-11(7-16)17-18-13(19)20-8-9-4-3-5-10(14)12(9)15/h3-5H,2,6-8,16H2,1H3. The summed E-state index contributed by atoms with van der Waals surface area (Å²) in [5, 5.41) is 9.06. The van der Waals surface area contributed by atoms with Crippen LogP contribution in [0.15, 0.2) is 23.4 Å². The van der Waals surface area contributed by atoms with Crippen molar-refractivity contribution in [1.82, 2.24) is 14.8 Å². The highest BCUT2D eigenvalue weighted by molar-refractivity contribution is 7.98. The van der Waals surface area contributed by atoms with Crippen LogP contribution in [-0.4, -0.2) is 14.8 Å². The number of aromatic nitrogens is 3. The van der Waals surface area contributed by atoms with Crippen molar-refractivity contribution in [2.45, 2.75) is 37.3 Å². The zero-order valence-corrected chi connectivity index (χ0v) is 12.7. The topological polar surface area (TPSA) is 56.7 Å². The minimum absolute atomic E-state index is 0.140. The van der Waals surface area contributed by atoms with Crippen molar-refractivity contribution in [3.05, 3.63) is 40.4 Å². The van der Waals surface area contributed by atoms with Crippen LogP contribution >= 0.6 is 23.4 Å². The van der Waals surface area contributed by atoms with E-state index in [1.165, 1.54) is 17.8 Å². The number of hydrogen-bond acceptors (Lipinski definition) is 4. The first kappa shape index (κ1) is 15.3. The molecule has 2 N–H and O–H groups in total. The molecule has 1 aromatic carbocycles. The minimum Gasteiger partial charge on any atom is -0.324 e. The molecule has 1 aromatic heterocycles. The van der Waals surface area contributed by atoms with Gasteiger partial charge in [0.25, 0.3) is 0 Å². The van der Waals surface area contributed by atoms with Crippen LogP contribution in [0.5, 0.6) is 0 Å². The van der Waals surface area contributed by atoms with Gasteiger partial charge in [-0.05, 0) is 18.1 Å². The second-order valence-electron chi connectivity index (χ2n) is 4.26. The predicted molar refractivity (Wildman–Crippen MR) is 79.2 cm³/mol. The Morgan fingerprint density at radius 2 is 2.20 bits per heavy atom. The molecule has 108 valence electrons. The second-order valence-corrected chi connectivity index (χ2v) is 5.61. The van der Waals surface area contributed by atoms with E-state index in [-0.39, 0.29) is 10.8 Å². The number of halogens is 2. The summed E-state index contributed by atoms with van der Waals surface area (Å²) in [6.45, 7) is 3.23. The van der Waals surface area contributed by atoms with Crippen molar-refractivity contribution in [2.24, 2.45) is 5.73 Å². The molecule has 0 fully saturated rings. The van der Waals surface area contributed by atoms with Crippen molar-refractivity contribution in [1.29, 1.82) is 0 Å². The van der Waals surface area contributed by atoms with E-state index >= 15 is 0 Å². The fraction of sp³-hybridized carbons (Fsp3) is 0.385. The minimum atomic E-state index is -0.373. The normalized spacial score (nSPS) is 11.0. The Balaban J connectivity index is 2.14. The fourth-order valence-corrected chi connectivity index (χ4v) is 2.98. The molecule has 7 heteroatoms. The summed E-state index contributed by atoms with van der Waals surface area (Å²) >= 11 is 7.20. The van der Waals surface area contributed by atoms with Crippen molar-refractivity contribution in [3.8, 4) is 0 Å². The van der Waals surface area contributed by atoms with Gasteiger partial charge in [-0.3, -0.25) is 0 Å². The number of thioether (sulfide) groups is 1. The fourth-order valence-electron chi connectivity index (χ4n) is 1.83. The largest absolute Gasteiger partial charge is 0.324 e. The maximum absolute atomic E-state index is 13.8. The zero-order chi connectivity index (χ0) is 14.5. The van der Waals surface area contributed by atoms with Gasteiger partial charge in [-0.15, -0.1) is 10.2 Å². The Morgan fingerprint density at radius 1 is 1.40 bits per heavy atom. The molecule has 4 nitrogen and oxygen atoms in total. The third-order valence-electron chi connectivity index (χ3n) is 2.81. The molecule has 2 aromatic rings. The van der Waals surface area contributed by atoms with E-state index in [0.29, 0.717) is 17.9 Å². The number of hydrogen-bond donors (Lipinski definition) is 1. The SMILES string of the molecule is CCCn1c(CN)nnc1SCc1cccc(Cl)c1F. The molecule has 0 bridgehead atoms. The van der Waals surface area contributed by atoms with Gasteiger partial charge in [0.2, 0.25) is 0 Å². The van der Waals surface area contributed by atoms with Gasteiger partial charge in [-0.2, -0.15) is 0 Å². The number of nitrogens with zero attached hydrogens (tertiary/aromatic N) is 3. The van der Waals surface area contributed by atoms with Crippen LogP contribution in [0.1, 0.15) is 24.7 Å². The van der Waals surface area contributed by atoms with E-state index in [2.05, 4.69) is 17.1 Å². The van der Waals surface area contributed by atoms with Crippen LogP contribution in [-0.2, 0) is 18.8 Å². The number of benzene rings is 1. The number of nitrogens with two attached hydrogens (primary N) is 1. The zero-order valence-electron chi connectivity index (χ0n) is 11.1. The quantitative estimate of drug-likeness (QED) is 0.832. The van der Waals surface area contributed by atoms with Crippen LogP contribution in [0, 0.1) is 5.82 Å². The molecule has 20 heavy (non-hydrogen) atoms. The maximum atomic E-state index is 13.8. The van der Waals surface area contributed by atoms with Crippen molar-refractivity contribution >= 4 is 23.4 Å². The lowest BCUT2D eigenvalue weighted by molar-refractivity contribution is 0.591. The molecular weight excluding hydrogens is 299 g/mol. The molecule has 0 aliphatic heterocycles. The summed E-state index contributed by atoms with van der Waals surface area (Å²) in [7, 11) is 0. The summed E-state index contributed by atoms with van der Waals surface area (Å²) in [6, 6.07) is 5.00. The smallest absolute Gasteiger partial charge is 0.191 e. The summed E-state index contributed by atoms with van der Waals surface area (Å²) in [4.78, 5) is 0. The third kappa shape index (κ3) is 3.31. The lowest BCUT2D eigenvalue weighted by atomic mass is 10.2. The molecule has 2 rings (SSSR count). The van der Waals surface area contributed by atoms with Crippen LogP contribution in [0.25, 0.3) is 0 Å². The van der Waals surface area contributed by atoms with Gasteiger partial charge in [0.05, 0.1) is 11.6 Å². The lowest BCUT2D eigenvalue weighted by Crippen LogP contribution is -2.09. The molecule has 0 unspecified atom stereocenters. The van der Waals surface area contributed by atoms with Crippen LogP contribution in [0.2, 0.25) is 5.02 Å². The molecule has 0 aliphatic carbocycles. The van der Waals surface area contributed by atoms with E-state index in [0.717, 1.165) is 23.9 Å². The Hall–Kier alpha value is -1.11. The maximum Gasteiger partial charge on any atom is 0.191 e. The summed E-state index contributed by atoms with van der Waals surface area (Å²) in [5.74, 6) is 0.835. The summed E-state index contributed by atoms with van der Waals surface area (Å²) in [6.07, 6.45) is 0.962. The van der Waals surface area contributed by atoms with Gasteiger partial charge < -0.3 is 10.3 Å². The van der Waals surface area contributed by atoms with Crippen LogP contribution in [0.3, 0.4) is 0 Å². The van der Waals surface area contributed by atoms with Gasteiger partial charge in [-0.25, -0.2) is 4.39 Å². The highest BCUT2D eigenvalue weighted by Crippen LogP contribution is 2.26. The summed E-state index contributed by atoms with van der Waals surface area (Å²) < 4.78 is 15.8. The Kier molecular flexibility index (Phi) is 5.39. The Bertz CT molecular complexity index is 588. The predicted octanol–water partition coefficient (Wildman–Crippen LogP) is 3.23. The third-order valence-corrected chi connectivity index (χ3v) is 4.12. The molecule has 0 aliphatic rings. The van der Waals surface area contributed by atoms with E-state index in [4.69, 9.17) is 17.3 Å². The molecule has 0 atom stereocenters. The monoisotopic (exact) mass is 314 g/mol. The highest BCUT2D eigenvalue weighted by atomic mass is 35.5. The van der Waals surface area contributed by atoms with Gasteiger partial charge in [-0.1, -0.05) is 42.4 Å². The summed E-state index contributed by atoms with van der Waals surface area (Å²) in [5.41, 5.74) is 6.19. The molecule has 0 radical (unpaired) electrons. The lowest BCUT2D eigenvalue weighted by Gasteiger charge is -2.08. The van der Waals surface area contributed by atoms with Crippen molar-refractivity contribution < 1.29 is 4.39 Å². The van der Waals surface area contributed by atoms with Gasteiger partial charge >= 0.3 is 0 Å². The van der Waals surface area contributed by atoms with E-state index in [9.17, 15) is 4.39 Å². The molecule has 0 saturated carbocycles. The molecule has 0 spiro atoms. The molecule has 0 saturated heterocycles. The first-order valence-electron chi connectivity index (χ1n) is 6.35. The Morgan fingerprint density at radius 3 is 2.90 bits per heavy atom. The average Bonchev–Trinajstić information content (AvgIpc) is 2.83. The van der Waals surface area contributed by atoms with Gasteiger partial charge in [0.1, 0.15) is 11.6 Å². The van der Waals surface area contributed by atoms with Crippen molar-refractivity contribution in [3.63, 3.8) is 0 Å². The van der Waals surface area contributed by atoms with Crippen LogP contribution in [0.4, 0.5) is 4.39 Å². The van der Waals surface area contributed by atoms with Crippen LogP contribution < -0.4 is 5.73 Å². The number of rotatable bonds is 6. The molecule has 0 amide bonds. The average molecular weight is 315 g/mol. The van der Waals surface area contributed by atoms with Gasteiger partial charge in [0.15, 0.2) is 5.16 Å². The molecular formula is C13H16ClFN4S. The first-order chi connectivity index (χ1) is 9.67. The van der Waals surface area contributed by atoms with Gasteiger partial charge in [0, 0.05) is 12.3 Å². The van der Waals surface area contributed by atoms with E-state index in [1.54, 1.807) is 12.1 Å². The first-order valence-corrected chi connectivity index (χ1v) is 7.71. The Labute approximate surface area is 126 Å². The van der Waals surface area contributed by atoms with E-state index < -0.39 is 0 Å². The van der Waals surface area contributed by atoms with E-state index in [1.807, 2.05) is 4.57 Å². The highest BCUT2D eigenvalue weighted by Gasteiger charge is 2.13. The molecule has 1 heterocycles. The van der Waals surface area contributed by atoms with Crippen molar-refractivity contribution in [2.75, 3.05) is 0 Å². The second kappa shape index (κ2) is 7.06.